The summed E-state index contributed by atoms with van der Waals surface area (Å²) in [4.78, 5) is 2.33. The maximum atomic E-state index is 6.45. The van der Waals surface area contributed by atoms with Crippen LogP contribution in [0.2, 0.25) is 0 Å². The summed E-state index contributed by atoms with van der Waals surface area (Å²) in [5.74, 6) is 1.54. The topological polar surface area (TPSA) is 38.3 Å². The molecule has 2 heterocycles. The van der Waals surface area contributed by atoms with Crippen LogP contribution in [-0.2, 0) is 0 Å². The Bertz CT molecular complexity index is 759. The highest BCUT2D eigenvalue weighted by molar-refractivity contribution is 6.99. The quantitative estimate of drug-likeness (QED) is 0.631. The van der Waals surface area contributed by atoms with Gasteiger partial charge in [0.15, 0.2) is 6.10 Å². The van der Waals surface area contributed by atoms with Crippen molar-refractivity contribution in [3.05, 3.63) is 71.8 Å². The Kier molecular flexibility index (Phi) is 5.45. The van der Waals surface area contributed by atoms with Crippen molar-refractivity contribution < 1.29 is 4.74 Å². The van der Waals surface area contributed by atoms with E-state index in [1.165, 1.54) is 37.4 Å². The summed E-state index contributed by atoms with van der Waals surface area (Å²) in [7, 11) is 0. The van der Waals surface area contributed by atoms with Crippen molar-refractivity contribution in [2.24, 2.45) is 0 Å². The SMILES string of the molecule is c1ccc(C(Oc2nsnc2N2CCCCCC2)c2ccccc2)cc1. The van der Waals surface area contributed by atoms with Gasteiger partial charge in [-0.1, -0.05) is 73.5 Å². The van der Waals surface area contributed by atoms with Crippen molar-refractivity contribution in [3.63, 3.8) is 0 Å². The van der Waals surface area contributed by atoms with E-state index in [-0.39, 0.29) is 6.10 Å². The first-order chi connectivity index (χ1) is 12.9. The van der Waals surface area contributed by atoms with Gasteiger partial charge in [-0.15, -0.1) is 4.37 Å². The molecule has 0 bridgehead atoms. The summed E-state index contributed by atoms with van der Waals surface area (Å²) < 4.78 is 15.5. The van der Waals surface area contributed by atoms with Crippen molar-refractivity contribution in [1.82, 2.24) is 8.75 Å². The number of hydrogen-bond acceptors (Lipinski definition) is 5. The van der Waals surface area contributed by atoms with Gasteiger partial charge in [-0.05, 0) is 24.0 Å². The first kappa shape index (κ1) is 17.0. The highest BCUT2D eigenvalue weighted by Gasteiger charge is 2.23. The molecule has 1 saturated heterocycles. The Labute approximate surface area is 158 Å². The number of rotatable bonds is 5. The van der Waals surface area contributed by atoms with Gasteiger partial charge >= 0.3 is 0 Å². The molecule has 0 radical (unpaired) electrons. The molecule has 0 saturated carbocycles. The lowest BCUT2D eigenvalue weighted by atomic mass is 10.0. The zero-order valence-corrected chi connectivity index (χ0v) is 15.6. The first-order valence-electron chi connectivity index (χ1n) is 9.26. The van der Waals surface area contributed by atoms with Gasteiger partial charge < -0.3 is 9.64 Å². The predicted octanol–water partition coefficient (Wildman–Crippen LogP) is 5.09. The van der Waals surface area contributed by atoms with Crippen molar-refractivity contribution in [3.8, 4) is 5.88 Å². The summed E-state index contributed by atoms with van der Waals surface area (Å²) >= 11 is 1.23. The van der Waals surface area contributed by atoms with Crippen LogP contribution in [0.4, 0.5) is 5.82 Å². The smallest absolute Gasteiger partial charge is 0.271 e. The van der Waals surface area contributed by atoms with Gasteiger partial charge in [-0.3, -0.25) is 0 Å². The van der Waals surface area contributed by atoms with E-state index >= 15 is 0 Å². The minimum Gasteiger partial charge on any atom is -0.461 e. The van der Waals surface area contributed by atoms with Gasteiger partial charge in [-0.2, -0.15) is 4.37 Å². The minimum absolute atomic E-state index is 0.188. The second-order valence-corrected chi connectivity index (χ2v) is 7.14. The molecular weight excluding hydrogens is 342 g/mol. The van der Waals surface area contributed by atoms with E-state index in [2.05, 4.69) is 37.9 Å². The number of anilines is 1. The molecule has 1 aromatic heterocycles. The van der Waals surface area contributed by atoms with Gasteiger partial charge in [0, 0.05) is 13.1 Å². The van der Waals surface area contributed by atoms with Gasteiger partial charge in [0.25, 0.3) is 5.88 Å². The molecular formula is C21H23N3OS. The zero-order valence-electron chi connectivity index (χ0n) is 14.8. The maximum Gasteiger partial charge on any atom is 0.271 e. The number of benzene rings is 2. The number of nitrogens with zero attached hydrogens (tertiary/aromatic N) is 3. The third-order valence-electron chi connectivity index (χ3n) is 4.78. The van der Waals surface area contributed by atoms with Crippen LogP contribution in [-0.4, -0.2) is 21.8 Å². The highest BCUT2D eigenvalue weighted by atomic mass is 32.1. The van der Waals surface area contributed by atoms with Crippen molar-refractivity contribution >= 4 is 17.5 Å². The molecule has 26 heavy (non-hydrogen) atoms. The Morgan fingerprint density at radius 2 is 1.35 bits per heavy atom. The molecule has 2 aromatic carbocycles. The molecule has 3 aromatic rings. The molecule has 1 aliphatic rings. The van der Waals surface area contributed by atoms with E-state index in [1.807, 2.05) is 36.4 Å². The molecule has 0 aliphatic carbocycles. The fourth-order valence-corrected chi connectivity index (χ4v) is 3.93. The van der Waals surface area contributed by atoms with E-state index in [4.69, 9.17) is 4.74 Å². The van der Waals surface area contributed by atoms with Crippen LogP contribution in [0.5, 0.6) is 5.88 Å². The molecule has 0 amide bonds. The molecule has 0 atom stereocenters. The first-order valence-corrected chi connectivity index (χ1v) is 9.99. The van der Waals surface area contributed by atoms with Crippen LogP contribution in [0.3, 0.4) is 0 Å². The molecule has 1 aliphatic heterocycles. The van der Waals surface area contributed by atoms with E-state index in [9.17, 15) is 0 Å². The fraction of sp³-hybridized carbons (Fsp3) is 0.333. The largest absolute Gasteiger partial charge is 0.461 e. The van der Waals surface area contributed by atoms with Crippen LogP contribution in [0.15, 0.2) is 60.7 Å². The zero-order chi connectivity index (χ0) is 17.6. The van der Waals surface area contributed by atoms with Gasteiger partial charge in [0.05, 0.1) is 11.7 Å². The van der Waals surface area contributed by atoms with E-state index in [0.717, 1.165) is 30.0 Å². The number of hydrogen-bond donors (Lipinski definition) is 0. The minimum atomic E-state index is -0.188. The second kappa shape index (κ2) is 8.32. The van der Waals surface area contributed by atoms with Crippen LogP contribution < -0.4 is 9.64 Å². The Morgan fingerprint density at radius 1 is 0.769 bits per heavy atom. The third-order valence-corrected chi connectivity index (χ3v) is 5.28. The molecule has 1 fully saturated rings. The number of aromatic nitrogens is 2. The summed E-state index contributed by atoms with van der Waals surface area (Å²) in [5.41, 5.74) is 2.24. The normalized spacial score (nSPS) is 15.0. The molecule has 5 heteroatoms. The van der Waals surface area contributed by atoms with Crippen molar-refractivity contribution in [2.45, 2.75) is 31.8 Å². The van der Waals surface area contributed by atoms with Gasteiger partial charge in [0.1, 0.15) is 0 Å². The lowest BCUT2D eigenvalue weighted by Crippen LogP contribution is -2.25. The van der Waals surface area contributed by atoms with E-state index < -0.39 is 0 Å². The molecule has 0 N–H and O–H groups in total. The number of ether oxygens (including phenoxy) is 1. The average Bonchev–Trinajstić information content (AvgIpc) is 3.00. The van der Waals surface area contributed by atoms with Crippen LogP contribution in [0.25, 0.3) is 0 Å². The fourth-order valence-electron chi connectivity index (χ4n) is 3.42. The summed E-state index contributed by atoms with van der Waals surface area (Å²) in [6.45, 7) is 2.06. The predicted molar refractivity (Wildman–Crippen MR) is 106 cm³/mol. The summed E-state index contributed by atoms with van der Waals surface area (Å²) in [6, 6.07) is 20.6. The van der Waals surface area contributed by atoms with E-state index in [0.29, 0.717) is 5.88 Å². The molecule has 0 spiro atoms. The van der Waals surface area contributed by atoms with Gasteiger partial charge in [0.2, 0.25) is 5.82 Å². The highest BCUT2D eigenvalue weighted by Crippen LogP contribution is 2.34. The monoisotopic (exact) mass is 365 g/mol. The lowest BCUT2D eigenvalue weighted by molar-refractivity contribution is 0.239. The Morgan fingerprint density at radius 3 is 1.92 bits per heavy atom. The Balaban J connectivity index is 1.64. The van der Waals surface area contributed by atoms with E-state index in [1.54, 1.807) is 0 Å². The van der Waals surface area contributed by atoms with Gasteiger partial charge in [-0.25, -0.2) is 0 Å². The van der Waals surface area contributed by atoms with Crippen LogP contribution >= 0.6 is 11.7 Å². The molecule has 4 rings (SSSR count). The van der Waals surface area contributed by atoms with Crippen LogP contribution in [0, 0.1) is 0 Å². The molecule has 134 valence electrons. The second-order valence-electron chi connectivity index (χ2n) is 6.61. The third kappa shape index (κ3) is 3.88. The summed E-state index contributed by atoms with van der Waals surface area (Å²) in [6.07, 6.45) is 4.81. The van der Waals surface area contributed by atoms with Crippen molar-refractivity contribution in [1.29, 1.82) is 0 Å². The van der Waals surface area contributed by atoms with Crippen molar-refractivity contribution in [2.75, 3.05) is 18.0 Å². The molecule has 0 unspecified atom stereocenters. The van der Waals surface area contributed by atoms with Crippen LogP contribution in [0.1, 0.15) is 42.9 Å². The average molecular weight is 366 g/mol. The Hall–Kier alpha value is -2.40. The summed E-state index contributed by atoms with van der Waals surface area (Å²) in [5, 5.41) is 0. The lowest BCUT2D eigenvalue weighted by Gasteiger charge is -2.23. The standard InChI is InChI=1S/C21H23N3OS/c1-2-10-16-24(15-9-1)20-21(23-26-22-20)25-19(17-11-5-3-6-12-17)18-13-7-4-8-14-18/h3-8,11-14,19H,1-2,9-10,15-16H2. The molecule has 4 nitrogen and oxygen atoms in total. The maximum absolute atomic E-state index is 6.45.